The topological polar surface area (TPSA) is 72.6 Å². The molecule has 0 saturated carbocycles. The number of carbonyl (C=O) groups is 1. The Morgan fingerprint density at radius 3 is 2.66 bits per heavy atom. The van der Waals surface area contributed by atoms with E-state index >= 15 is 0 Å². The fraction of sp³-hybridized carbons (Fsp3) is 0.179. The second-order valence-corrected chi connectivity index (χ2v) is 9.73. The molecule has 0 bridgehead atoms. The number of carbonyl (C=O) groups excluding carboxylic acids is 1. The number of nitrogens with zero attached hydrogens (tertiary/aromatic N) is 2. The molecule has 3 aromatic carbocycles. The Morgan fingerprint density at radius 2 is 1.83 bits per heavy atom. The van der Waals surface area contributed by atoms with Crippen molar-refractivity contribution in [2.45, 2.75) is 26.8 Å². The molecule has 7 heteroatoms. The minimum atomic E-state index is -0.680. The molecule has 3 heterocycles. The molecule has 0 radical (unpaired) electrons. The van der Waals surface area contributed by atoms with E-state index in [9.17, 15) is 9.59 Å². The van der Waals surface area contributed by atoms with Gasteiger partial charge < -0.3 is 9.15 Å². The number of thiazole rings is 1. The summed E-state index contributed by atoms with van der Waals surface area (Å²) in [6.45, 7) is 6.37. The maximum atomic E-state index is 13.8. The zero-order chi connectivity index (χ0) is 24.3. The Balaban J connectivity index is 1.63. The molecule has 0 unspecified atom stereocenters. The number of anilines is 1. The van der Waals surface area contributed by atoms with Gasteiger partial charge in [0, 0.05) is 0 Å². The van der Waals surface area contributed by atoms with Crippen LogP contribution in [0.2, 0.25) is 0 Å². The Morgan fingerprint density at radius 1 is 1.03 bits per heavy atom. The van der Waals surface area contributed by atoms with Crippen molar-refractivity contribution in [3.8, 4) is 5.75 Å². The predicted molar refractivity (Wildman–Crippen MR) is 138 cm³/mol. The van der Waals surface area contributed by atoms with Crippen LogP contribution in [0.4, 0.5) is 5.13 Å². The smallest absolute Gasteiger partial charge is 0.297 e. The minimum absolute atomic E-state index is 0.0635. The van der Waals surface area contributed by atoms with Gasteiger partial charge in [0.2, 0.25) is 5.76 Å². The van der Waals surface area contributed by atoms with Gasteiger partial charge in [0.05, 0.1) is 33.8 Å². The van der Waals surface area contributed by atoms with E-state index in [0.717, 1.165) is 26.9 Å². The highest BCUT2D eigenvalue weighted by Crippen LogP contribution is 2.44. The summed E-state index contributed by atoms with van der Waals surface area (Å²) in [7, 11) is 0. The number of aryl methyl sites for hydroxylation is 2. The zero-order valence-electron chi connectivity index (χ0n) is 19.5. The van der Waals surface area contributed by atoms with Gasteiger partial charge in [0.15, 0.2) is 10.6 Å². The van der Waals surface area contributed by atoms with Gasteiger partial charge in [-0.05, 0) is 68.3 Å². The summed E-state index contributed by atoms with van der Waals surface area (Å²) in [5.41, 5.74) is 4.16. The fourth-order valence-corrected chi connectivity index (χ4v) is 5.75. The number of rotatable bonds is 4. The molecular formula is C28H22N2O4S. The lowest BCUT2D eigenvalue weighted by Crippen LogP contribution is -2.29. The number of amides is 1. The summed E-state index contributed by atoms with van der Waals surface area (Å²) in [6.07, 6.45) is 0. The highest BCUT2D eigenvalue weighted by atomic mass is 32.1. The number of aromatic nitrogens is 1. The lowest BCUT2D eigenvalue weighted by molar-refractivity contribution is 0.0971. The van der Waals surface area contributed by atoms with Crippen molar-refractivity contribution in [2.24, 2.45) is 0 Å². The van der Waals surface area contributed by atoms with Crippen molar-refractivity contribution >= 4 is 43.6 Å². The Bertz CT molecular complexity index is 1700. The summed E-state index contributed by atoms with van der Waals surface area (Å²) in [5, 5.41) is 0.984. The monoisotopic (exact) mass is 482 g/mol. The van der Waals surface area contributed by atoms with E-state index in [4.69, 9.17) is 14.1 Å². The number of hydrogen-bond acceptors (Lipinski definition) is 6. The van der Waals surface area contributed by atoms with Crippen LogP contribution in [0.1, 0.15) is 45.8 Å². The molecule has 5 aromatic rings. The highest BCUT2D eigenvalue weighted by Gasteiger charge is 2.45. The fourth-order valence-electron chi connectivity index (χ4n) is 4.66. The molecule has 6 rings (SSSR count). The predicted octanol–water partition coefficient (Wildman–Crippen LogP) is 6.17. The molecule has 1 aliphatic heterocycles. The molecule has 1 aliphatic rings. The number of benzene rings is 3. The molecule has 35 heavy (non-hydrogen) atoms. The lowest BCUT2D eigenvalue weighted by atomic mass is 9.98. The third-order valence-corrected chi connectivity index (χ3v) is 7.27. The van der Waals surface area contributed by atoms with E-state index in [2.05, 4.69) is 6.07 Å². The third-order valence-electron chi connectivity index (χ3n) is 6.25. The molecule has 1 amide bonds. The largest absolute Gasteiger partial charge is 0.494 e. The van der Waals surface area contributed by atoms with Gasteiger partial charge in [-0.25, -0.2) is 4.98 Å². The molecule has 0 aliphatic carbocycles. The SMILES string of the molecule is CCOc1cccc([C@H]2c3c(oc4ccc(C)cc4c3=O)C(=O)N2c2nc3ccc(C)cc3s2)c1. The number of ether oxygens (including phenoxy) is 1. The van der Waals surface area contributed by atoms with Crippen LogP contribution < -0.4 is 15.1 Å². The molecule has 174 valence electrons. The maximum Gasteiger partial charge on any atom is 0.297 e. The van der Waals surface area contributed by atoms with Gasteiger partial charge in [-0.2, -0.15) is 0 Å². The highest BCUT2D eigenvalue weighted by molar-refractivity contribution is 7.22. The standard InChI is InChI=1S/C28H22N2O4S/c1-4-33-18-7-5-6-17(14-18)24-23-25(31)19-12-15(2)9-11-21(19)34-26(23)27(32)30(24)28-29-20-10-8-16(3)13-22(20)35-28/h5-14,24H,4H2,1-3H3/t24-/m0/s1. The summed E-state index contributed by atoms with van der Waals surface area (Å²) in [6, 6.07) is 18.2. The summed E-state index contributed by atoms with van der Waals surface area (Å²) in [4.78, 5) is 34.0. The summed E-state index contributed by atoms with van der Waals surface area (Å²) < 4.78 is 12.8. The molecule has 6 nitrogen and oxygen atoms in total. The molecule has 2 aromatic heterocycles. The van der Waals surface area contributed by atoms with Crippen molar-refractivity contribution in [1.82, 2.24) is 4.98 Å². The number of hydrogen-bond donors (Lipinski definition) is 0. The molecule has 0 spiro atoms. The Kier molecular flexibility index (Phi) is 4.96. The van der Waals surface area contributed by atoms with Crippen LogP contribution >= 0.6 is 11.3 Å². The van der Waals surface area contributed by atoms with Crippen LogP contribution in [-0.2, 0) is 0 Å². The lowest BCUT2D eigenvalue weighted by Gasteiger charge is -2.23. The van der Waals surface area contributed by atoms with Crippen molar-refractivity contribution < 1.29 is 13.9 Å². The van der Waals surface area contributed by atoms with Gasteiger partial charge in [-0.15, -0.1) is 0 Å². The first-order valence-electron chi connectivity index (χ1n) is 11.5. The second-order valence-electron chi connectivity index (χ2n) is 8.72. The average Bonchev–Trinajstić information content (AvgIpc) is 3.38. The van der Waals surface area contributed by atoms with E-state index in [1.54, 1.807) is 11.0 Å². The number of fused-ring (bicyclic) bond motifs is 3. The van der Waals surface area contributed by atoms with E-state index < -0.39 is 6.04 Å². The van der Waals surface area contributed by atoms with Crippen molar-refractivity contribution in [2.75, 3.05) is 11.5 Å². The van der Waals surface area contributed by atoms with Gasteiger partial charge in [-0.1, -0.05) is 41.2 Å². The molecular weight excluding hydrogens is 460 g/mol. The van der Waals surface area contributed by atoms with Crippen molar-refractivity contribution in [3.63, 3.8) is 0 Å². The molecule has 0 saturated heterocycles. The maximum absolute atomic E-state index is 13.8. The molecule has 0 N–H and O–H groups in total. The average molecular weight is 483 g/mol. The van der Waals surface area contributed by atoms with Crippen LogP contribution in [0.15, 0.2) is 69.9 Å². The normalized spacial score (nSPS) is 15.2. The van der Waals surface area contributed by atoms with Crippen LogP contribution in [0.3, 0.4) is 0 Å². The van der Waals surface area contributed by atoms with Crippen LogP contribution in [0.25, 0.3) is 21.2 Å². The molecule has 1 atom stereocenters. The first-order chi connectivity index (χ1) is 16.9. The van der Waals surface area contributed by atoms with Crippen molar-refractivity contribution in [1.29, 1.82) is 0 Å². The second kappa shape index (κ2) is 8.06. The van der Waals surface area contributed by atoms with Crippen LogP contribution in [-0.4, -0.2) is 17.5 Å². The van der Waals surface area contributed by atoms with Crippen LogP contribution in [0.5, 0.6) is 5.75 Å². The van der Waals surface area contributed by atoms with Gasteiger partial charge in [-0.3, -0.25) is 14.5 Å². The zero-order valence-corrected chi connectivity index (χ0v) is 20.3. The van der Waals surface area contributed by atoms with Crippen LogP contribution in [0, 0.1) is 13.8 Å². The Hall–Kier alpha value is -3.97. The van der Waals surface area contributed by atoms with E-state index in [0.29, 0.717) is 34.0 Å². The summed E-state index contributed by atoms with van der Waals surface area (Å²) >= 11 is 1.43. The van der Waals surface area contributed by atoms with Gasteiger partial charge >= 0.3 is 0 Å². The quantitative estimate of drug-likeness (QED) is 0.306. The van der Waals surface area contributed by atoms with E-state index in [-0.39, 0.29) is 17.1 Å². The molecule has 0 fully saturated rings. The van der Waals surface area contributed by atoms with Crippen molar-refractivity contribution in [3.05, 3.63) is 98.9 Å². The summed E-state index contributed by atoms with van der Waals surface area (Å²) in [5.74, 6) is 0.363. The minimum Gasteiger partial charge on any atom is -0.494 e. The first kappa shape index (κ1) is 21.6. The van der Waals surface area contributed by atoms with E-state index in [1.165, 1.54) is 11.3 Å². The van der Waals surface area contributed by atoms with Gasteiger partial charge in [0.25, 0.3) is 5.91 Å². The third kappa shape index (κ3) is 3.42. The first-order valence-corrected chi connectivity index (χ1v) is 12.3. The Labute approximate surface area is 205 Å². The van der Waals surface area contributed by atoms with Gasteiger partial charge in [0.1, 0.15) is 11.3 Å². The van der Waals surface area contributed by atoms with E-state index in [1.807, 2.05) is 69.3 Å².